The quantitative estimate of drug-likeness (QED) is 0.411. The molecule has 0 bridgehead atoms. The van der Waals surface area contributed by atoms with Crippen LogP contribution in [0.1, 0.15) is 12.0 Å². The molecule has 0 radical (unpaired) electrons. The van der Waals surface area contributed by atoms with Crippen LogP contribution in [-0.2, 0) is 6.54 Å². The van der Waals surface area contributed by atoms with Crippen LogP contribution in [-0.4, -0.2) is 32.9 Å². The van der Waals surface area contributed by atoms with Crippen LogP contribution in [0, 0.1) is 0 Å². The van der Waals surface area contributed by atoms with E-state index in [1.54, 1.807) is 7.05 Å². The van der Waals surface area contributed by atoms with Crippen LogP contribution in [0.5, 0.6) is 11.5 Å². The maximum absolute atomic E-state index is 5.40. The van der Waals surface area contributed by atoms with E-state index in [2.05, 4.69) is 33.1 Å². The number of ether oxygens (including phenoxy) is 2. The fourth-order valence-electron chi connectivity index (χ4n) is 2.54. The molecule has 2 aromatic carbocycles. The summed E-state index contributed by atoms with van der Waals surface area (Å²) in [6, 6.07) is 16.2. The van der Waals surface area contributed by atoms with Gasteiger partial charge in [-0.1, -0.05) is 24.3 Å². The summed E-state index contributed by atoms with van der Waals surface area (Å²) >= 11 is 0. The molecule has 3 rings (SSSR count). The highest BCUT2D eigenvalue weighted by atomic mass is 16.7. The van der Waals surface area contributed by atoms with Gasteiger partial charge in [0, 0.05) is 32.4 Å². The van der Waals surface area contributed by atoms with Crippen molar-refractivity contribution in [3.8, 4) is 11.5 Å². The van der Waals surface area contributed by atoms with Crippen LogP contribution in [0.3, 0.4) is 0 Å². The number of guanidine groups is 1. The molecule has 0 unspecified atom stereocenters. The van der Waals surface area contributed by atoms with Crippen molar-refractivity contribution in [3.63, 3.8) is 0 Å². The smallest absolute Gasteiger partial charge is 0.231 e. The van der Waals surface area contributed by atoms with E-state index >= 15 is 0 Å². The van der Waals surface area contributed by atoms with E-state index in [1.807, 2.05) is 36.4 Å². The highest BCUT2D eigenvalue weighted by Gasteiger charge is 2.13. The molecule has 1 aliphatic rings. The van der Waals surface area contributed by atoms with E-state index in [4.69, 9.17) is 9.47 Å². The first-order chi connectivity index (χ1) is 12.3. The molecule has 0 aromatic heterocycles. The number of anilines is 1. The van der Waals surface area contributed by atoms with E-state index in [1.165, 1.54) is 0 Å². The van der Waals surface area contributed by atoms with E-state index in [0.717, 1.165) is 48.2 Å². The van der Waals surface area contributed by atoms with Gasteiger partial charge in [0.1, 0.15) is 0 Å². The number of fused-ring (bicyclic) bond motifs is 1. The molecule has 25 heavy (non-hydrogen) atoms. The summed E-state index contributed by atoms with van der Waals surface area (Å²) in [4.78, 5) is 4.25. The SMILES string of the molecule is CN=C(NCCCNc1ccccc1)NCc1ccc2c(c1)OCO2. The third-order valence-corrected chi connectivity index (χ3v) is 3.87. The third-order valence-electron chi connectivity index (χ3n) is 3.87. The number of nitrogens with zero attached hydrogens (tertiary/aromatic N) is 1. The Kier molecular flexibility index (Phi) is 5.98. The minimum absolute atomic E-state index is 0.298. The molecule has 6 nitrogen and oxygen atoms in total. The van der Waals surface area contributed by atoms with Gasteiger partial charge in [0.15, 0.2) is 17.5 Å². The molecule has 0 saturated heterocycles. The Balaban J connectivity index is 1.35. The minimum atomic E-state index is 0.298. The molecular formula is C19H24N4O2. The molecule has 0 aliphatic carbocycles. The number of hydrogen-bond donors (Lipinski definition) is 3. The minimum Gasteiger partial charge on any atom is -0.454 e. The standard InChI is InChI=1S/C19H24N4O2/c1-20-19(22-11-5-10-21-16-6-3-2-4-7-16)23-13-15-8-9-17-18(12-15)25-14-24-17/h2-4,6-9,12,21H,5,10-11,13-14H2,1H3,(H2,20,22,23). The van der Waals surface area contributed by atoms with Crippen molar-refractivity contribution >= 4 is 11.6 Å². The highest BCUT2D eigenvalue weighted by molar-refractivity contribution is 5.79. The van der Waals surface area contributed by atoms with Gasteiger partial charge in [-0.25, -0.2) is 0 Å². The fourth-order valence-corrected chi connectivity index (χ4v) is 2.54. The highest BCUT2D eigenvalue weighted by Crippen LogP contribution is 2.32. The van der Waals surface area contributed by atoms with Gasteiger partial charge in [0.2, 0.25) is 6.79 Å². The maximum atomic E-state index is 5.40. The maximum Gasteiger partial charge on any atom is 0.231 e. The van der Waals surface area contributed by atoms with Crippen LogP contribution < -0.4 is 25.4 Å². The zero-order valence-electron chi connectivity index (χ0n) is 14.4. The molecule has 6 heteroatoms. The Bertz CT molecular complexity index is 704. The Morgan fingerprint density at radius 1 is 1.00 bits per heavy atom. The normalized spacial score (nSPS) is 12.8. The zero-order valence-corrected chi connectivity index (χ0v) is 14.4. The van der Waals surface area contributed by atoms with E-state index in [0.29, 0.717) is 13.3 Å². The lowest BCUT2D eigenvalue weighted by Crippen LogP contribution is -2.37. The number of aliphatic imine (C=N–C) groups is 1. The van der Waals surface area contributed by atoms with Crippen LogP contribution >= 0.6 is 0 Å². The average Bonchev–Trinajstić information content (AvgIpc) is 3.12. The van der Waals surface area contributed by atoms with Gasteiger partial charge < -0.3 is 25.4 Å². The number of nitrogens with one attached hydrogen (secondary N) is 3. The number of benzene rings is 2. The fraction of sp³-hybridized carbons (Fsp3) is 0.316. The van der Waals surface area contributed by atoms with Crippen LogP contribution in [0.25, 0.3) is 0 Å². The Labute approximate surface area is 148 Å². The van der Waals surface area contributed by atoms with E-state index < -0.39 is 0 Å². The van der Waals surface area contributed by atoms with Crippen molar-refractivity contribution in [2.75, 3.05) is 32.2 Å². The molecule has 1 aliphatic heterocycles. The van der Waals surface area contributed by atoms with Crippen molar-refractivity contribution in [2.24, 2.45) is 4.99 Å². The second-order valence-corrected chi connectivity index (χ2v) is 5.69. The first-order valence-corrected chi connectivity index (χ1v) is 8.47. The number of para-hydroxylation sites is 1. The molecular weight excluding hydrogens is 316 g/mol. The Morgan fingerprint density at radius 3 is 2.68 bits per heavy atom. The molecule has 2 aromatic rings. The summed E-state index contributed by atoms with van der Waals surface area (Å²) in [5, 5.41) is 10.0. The number of hydrogen-bond acceptors (Lipinski definition) is 4. The van der Waals surface area contributed by atoms with E-state index in [-0.39, 0.29) is 0 Å². The van der Waals surface area contributed by atoms with Gasteiger partial charge in [-0.15, -0.1) is 0 Å². The second kappa shape index (κ2) is 8.82. The predicted molar refractivity (Wildman–Crippen MR) is 100 cm³/mol. The molecule has 0 amide bonds. The first kappa shape index (κ1) is 17.0. The van der Waals surface area contributed by atoms with Crippen molar-refractivity contribution in [2.45, 2.75) is 13.0 Å². The summed E-state index contributed by atoms with van der Waals surface area (Å²) in [6.45, 7) is 2.74. The van der Waals surface area contributed by atoms with Gasteiger partial charge in [-0.2, -0.15) is 0 Å². The topological polar surface area (TPSA) is 66.9 Å². The molecule has 0 saturated carbocycles. The summed E-state index contributed by atoms with van der Waals surface area (Å²) in [7, 11) is 1.77. The van der Waals surface area contributed by atoms with Crippen LogP contribution in [0.4, 0.5) is 5.69 Å². The largest absolute Gasteiger partial charge is 0.454 e. The van der Waals surface area contributed by atoms with Crippen molar-refractivity contribution in [1.29, 1.82) is 0 Å². The summed E-state index contributed by atoms with van der Waals surface area (Å²) in [6.07, 6.45) is 1.000. The lowest BCUT2D eigenvalue weighted by Gasteiger charge is -2.12. The molecule has 3 N–H and O–H groups in total. The summed E-state index contributed by atoms with van der Waals surface area (Å²) in [5.41, 5.74) is 2.27. The Morgan fingerprint density at radius 2 is 1.84 bits per heavy atom. The lowest BCUT2D eigenvalue weighted by molar-refractivity contribution is 0.174. The molecule has 0 fully saturated rings. The van der Waals surface area contributed by atoms with Gasteiger partial charge in [0.25, 0.3) is 0 Å². The second-order valence-electron chi connectivity index (χ2n) is 5.69. The van der Waals surface area contributed by atoms with Crippen LogP contribution in [0.15, 0.2) is 53.5 Å². The average molecular weight is 340 g/mol. The molecule has 132 valence electrons. The summed E-state index contributed by atoms with van der Waals surface area (Å²) < 4.78 is 10.7. The van der Waals surface area contributed by atoms with Crippen molar-refractivity contribution in [3.05, 3.63) is 54.1 Å². The van der Waals surface area contributed by atoms with Crippen LogP contribution in [0.2, 0.25) is 0 Å². The van der Waals surface area contributed by atoms with Gasteiger partial charge in [-0.05, 0) is 36.2 Å². The molecule has 1 heterocycles. The zero-order chi connectivity index (χ0) is 17.3. The Hall–Kier alpha value is -2.89. The molecule has 0 spiro atoms. The summed E-state index contributed by atoms with van der Waals surface area (Å²) in [5.74, 6) is 2.39. The van der Waals surface area contributed by atoms with Gasteiger partial charge in [-0.3, -0.25) is 4.99 Å². The first-order valence-electron chi connectivity index (χ1n) is 8.47. The van der Waals surface area contributed by atoms with Crippen molar-refractivity contribution < 1.29 is 9.47 Å². The monoisotopic (exact) mass is 340 g/mol. The van der Waals surface area contributed by atoms with Gasteiger partial charge in [0.05, 0.1) is 0 Å². The predicted octanol–water partition coefficient (Wildman–Crippen LogP) is 2.58. The van der Waals surface area contributed by atoms with E-state index in [9.17, 15) is 0 Å². The third kappa shape index (κ3) is 5.04. The molecule has 0 atom stereocenters. The lowest BCUT2D eigenvalue weighted by atomic mass is 10.2. The van der Waals surface area contributed by atoms with Crippen molar-refractivity contribution in [1.82, 2.24) is 10.6 Å². The van der Waals surface area contributed by atoms with Gasteiger partial charge >= 0.3 is 0 Å². The number of rotatable bonds is 7.